The van der Waals surface area contributed by atoms with Crippen molar-refractivity contribution in [3.05, 3.63) is 83.9 Å². The first-order valence-electron chi connectivity index (χ1n) is 15.1. The minimum absolute atomic E-state index is 0.0487. The average molecular weight is 670 g/mol. The zero-order valence-electron chi connectivity index (χ0n) is 27.0. The third kappa shape index (κ3) is 12.5. The fraction of sp³-hybridized carbons (Fsp3) is 0.412. The second-order valence-electron chi connectivity index (χ2n) is 10.7. The van der Waals surface area contributed by atoms with Gasteiger partial charge in [0.1, 0.15) is 38.1 Å². The summed E-state index contributed by atoms with van der Waals surface area (Å²) < 4.78 is 38.2. The van der Waals surface area contributed by atoms with Crippen molar-refractivity contribution in [1.29, 1.82) is 0 Å². The molecule has 0 bridgehead atoms. The Morgan fingerprint density at radius 1 is 0.667 bits per heavy atom. The van der Waals surface area contributed by atoms with E-state index < -0.39 is 72.5 Å². The third-order valence-corrected chi connectivity index (χ3v) is 6.75. The summed E-state index contributed by atoms with van der Waals surface area (Å²) in [6, 6.07) is 16.5. The standard InChI is InChI=1S/C34H39NO13/c1-21(36)42-20-29-31(46-23(3)38)32(47-24(4)39)30(45-22(2)37)28(48-29)17-11-16-27(33(40)43-18-25-12-7-5-8-13-25)35-34(41)44-19-26-14-9-6-10-15-26/h5-16,27-32H,17-20H2,1-4H3,(H,35,41)/b16-11+/t27-,28+,29?,30?,31-,32+/m0/s1. The number of esters is 5. The lowest BCUT2D eigenvalue weighted by Crippen LogP contribution is -2.62. The van der Waals surface area contributed by atoms with Crippen molar-refractivity contribution in [1.82, 2.24) is 5.32 Å². The fourth-order valence-electron chi connectivity index (χ4n) is 4.75. The highest BCUT2D eigenvalue weighted by Gasteiger charge is 2.51. The summed E-state index contributed by atoms with van der Waals surface area (Å²) in [7, 11) is 0. The van der Waals surface area contributed by atoms with Crippen molar-refractivity contribution in [2.45, 2.75) is 83.9 Å². The Kier molecular flexibility index (Phi) is 14.6. The molecule has 0 saturated carbocycles. The van der Waals surface area contributed by atoms with Crippen LogP contribution in [0.3, 0.4) is 0 Å². The van der Waals surface area contributed by atoms with Gasteiger partial charge in [-0.25, -0.2) is 9.59 Å². The van der Waals surface area contributed by atoms with E-state index in [2.05, 4.69) is 5.32 Å². The Morgan fingerprint density at radius 2 is 1.17 bits per heavy atom. The number of hydrogen-bond donors (Lipinski definition) is 1. The van der Waals surface area contributed by atoms with Crippen molar-refractivity contribution in [3.63, 3.8) is 0 Å². The molecule has 1 aliphatic heterocycles. The second-order valence-corrected chi connectivity index (χ2v) is 10.7. The number of rotatable bonds is 14. The van der Waals surface area contributed by atoms with Gasteiger partial charge in [0, 0.05) is 27.7 Å². The molecule has 1 N–H and O–H groups in total. The molecule has 2 aromatic rings. The number of benzene rings is 2. The number of nitrogens with one attached hydrogen (secondary N) is 1. The Morgan fingerprint density at radius 3 is 1.69 bits per heavy atom. The van der Waals surface area contributed by atoms with E-state index in [0.29, 0.717) is 0 Å². The van der Waals surface area contributed by atoms with Crippen LogP contribution in [0.5, 0.6) is 0 Å². The first kappa shape index (κ1) is 37.2. The fourth-order valence-corrected chi connectivity index (χ4v) is 4.75. The van der Waals surface area contributed by atoms with E-state index in [9.17, 15) is 28.8 Å². The number of alkyl carbamates (subject to hydrolysis) is 1. The van der Waals surface area contributed by atoms with Crippen molar-refractivity contribution in [2.75, 3.05) is 6.61 Å². The molecule has 1 aliphatic rings. The number of amides is 1. The van der Waals surface area contributed by atoms with Crippen LogP contribution < -0.4 is 5.32 Å². The number of carbonyl (C=O) groups is 6. The van der Waals surface area contributed by atoms with Gasteiger partial charge < -0.3 is 38.5 Å². The number of ether oxygens (including phenoxy) is 7. The van der Waals surface area contributed by atoms with Gasteiger partial charge in [-0.3, -0.25) is 19.2 Å². The molecule has 1 fully saturated rings. The zero-order chi connectivity index (χ0) is 35.1. The molecule has 0 spiro atoms. The van der Waals surface area contributed by atoms with Crippen LogP contribution in [0.15, 0.2) is 72.8 Å². The van der Waals surface area contributed by atoms with Crippen molar-refractivity contribution in [2.24, 2.45) is 0 Å². The summed E-state index contributed by atoms with van der Waals surface area (Å²) in [5.74, 6) is -3.72. The molecule has 2 aromatic carbocycles. The highest BCUT2D eigenvalue weighted by molar-refractivity contribution is 5.83. The first-order valence-corrected chi connectivity index (χ1v) is 15.1. The molecule has 0 aromatic heterocycles. The van der Waals surface area contributed by atoms with Gasteiger partial charge in [0.25, 0.3) is 0 Å². The van der Waals surface area contributed by atoms with Crippen LogP contribution in [-0.2, 0) is 70.3 Å². The number of hydrogen-bond acceptors (Lipinski definition) is 13. The second kappa shape index (κ2) is 18.8. The van der Waals surface area contributed by atoms with Crippen LogP contribution in [0.25, 0.3) is 0 Å². The van der Waals surface area contributed by atoms with Crippen LogP contribution >= 0.6 is 0 Å². The van der Waals surface area contributed by atoms with Crippen molar-refractivity contribution < 1.29 is 61.9 Å². The van der Waals surface area contributed by atoms with Crippen LogP contribution in [0.4, 0.5) is 4.79 Å². The largest absolute Gasteiger partial charge is 0.463 e. The molecule has 2 unspecified atom stereocenters. The molecular formula is C34H39NO13. The van der Waals surface area contributed by atoms with Gasteiger partial charge >= 0.3 is 35.9 Å². The molecule has 14 nitrogen and oxygen atoms in total. The molecule has 0 radical (unpaired) electrons. The lowest BCUT2D eigenvalue weighted by atomic mass is 9.92. The normalized spacial score (nSPS) is 20.9. The molecule has 258 valence electrons. The van der Waals surface area contributed by atoms with Crippen LogP contribution in [0, 0.1) is 0 Å². The quantitative estimate of drug-likeness (QED) is 0.176. The molecule has 3 rings (SSSR count). The van der Waals surface area contributed by atoms with Crippen molar-refractivity contribution >= 4 is 35.9 Å². The van der Waals surface area contributed by atoms with Gasteiger partial charge in [-0.05, 0) is 17.5 Å². The Hall–Kier alpha value is -5.24. The van der Waals surface area contributed by atoms with Crippen LogP contribution in [-0.4, -0.2) is 79.1 Å². The third-order valence-electron chi connectivity index (χ3n) is 6.75. The van der Waals surface area contributed by atoms with E-state index in [1.54, 1.807) is 48.5 Å². The first-order chi connectivity index (χ1) is 22.9. The van der Waals surface area contributed by atoms with Gasteiger partial charge in [0.15, 0.2) is 18.3 Å². The Balaban J connectivity index is 1.84. The lowest BCUT2D eigenvalue weighted by molar-refractivity contribution is -0.251. The smallest absolute Gasteiger partial charge is 0.408 e. The van der Waals surface area contributed by atoms with Crippen molar-refractivity contribution in [3.8, 4) is 0 Å². The maximum absolute atomic E-state index is 13.1. The minimum Gasteiger partial charge on any atom is -0.463 e. The summed E-state index contributed by atoms with van der Waals surface area (Å²) in [6.45, 7) is 4.05. The molecule has 14 heteroatoms. The minimum atomic E-state index is -1.35. The number of carbonyl (C=O) groups excluding carboxylic acids is 6. The summed E-state index contributed by atoms with van der Waals surface area (Å²) >= 11 is 0. The molecular weight excluding hydrogens is 630 g/mol. The summed E-state index contributed by atoms with van der Waals surface area (Å²) in [4.78, 5) is 73.6. The highest BCUT2D eigenvalue weighted by Crippen LogP contribution is 2.31. The Bertz CT molecular complexity index is 1430. The zero-order valence-corrected chi connectivity index (χ0v) is 27.0. The molecule has 48 heavy (non-hydrogen) atoms. The van der Waals surface area contributed by atoms with E-state index in [-0.39, 0.29) is 26.2 Å². The van der Waals surface area contributed by atoms with E-state index in [4.69, 9.17) is 33.2 Å². The highest BCUT2D eigenvalue weighted by atomic mass is 16.7. The van der Waals surface area contributed by atoms with E-state index in [1.807, 2.05) is 12.1 Å². The average Bonchev–Trinajstić information content (AvgIpc) is 3.04. The van der Waals surface area contributed by atoms with E-state index in [1.165, 1.54) is 19.1 Å². The predicted molar refractivity (Wildman–Crippen MR) is 166 cm³/mol. The van der Waals surface area contributed by atoms with Gasteiger partial charge in [-0.1, -0.05) is 72.8 Å². The summed E-state index contributed by atoms with van der Waals surface area (Å²) in [5, 5.41) is 2.48. The van der Waals surface area contributed by atoms with E-state index >= 15 is 0 Å². The maximum atomic E-state index is 13.1. The van der Waals surface area contributed by atoms with Gasteiger partial charge in [0.05, 0.1) is 0 Å². The topological polar surface area (TPSA) is 179 Å². The predicted octanol–water partition coefficient (Wildman–Crippen LogP) is 3.10. The summed E-state index contributed by atoms with van der Waals surface area (Å²) in [5.41, 5.74) is 1.45. The lowest BCUT2D eigenvalue weighted by Gasteiger charge is -2.44. The molecule has 0 aliphatic carbocycles. The van der Waals surface area contributed by atoms with Gasteiger partial charge in [-0.2, -0.15) is 0 Å². The van der Waals surface area contributed by atoms with E-state index in [0.717, 1.165) is 31.9 Å². The van der Waals surface area contributed by atoms with Crippen LogP contribution in [0.1, 0.15) is 45.2 Å². The van der Waals surface area contributed by atoms with Crippen LogP contribution in [0.2, 0.25) is 0 Å². The van der Waals surface area contributed by atoms with Gasteiger partial charge in [0.2, 0.25) is 0 Å². The maximum Gasteiger partial charge on any atom is 0.408 e. The summed E-state index contributed by atoms with van der Waals surface area (Å²) in [6.07, 6.45) is -4.31. The SMILES string of the molecule is CC(=O)OCC1O[C@H](C/C=C/[C@H](NC(=O)OCc2ccccc2)C(=O)OCc2ccccc2)C(OC(C)=O)[C@@H](OC(C)=O)[C@H]1OC(C)=O. The van der Waals surface area contributed by atoms with Gasteiger partial charge in [-0.15, -0.1) is 0 Å². The molecule has 1 amide bonds. The molecule has 1 heterocycles. The molecule has 6 atom stereocenters. The monoisotopic (exact) mass is 669 g/mol. The Labute approximate surface area is 277 Å². The molecule has 1 saturated heterocycles.